The van der Waals surface area contributed by atoms with Crippen LogP contribution in [0.2, 0.25) is 0 Å². The van der Waals surface area contributed by atoms with Crippen LogP contribution in [0.25, 0.3) is 0 Å². The van der Waals surface area contributed by atoms with Crippen molar-refractivity contribution in [1.29, 1.82) is 0 Å². The minimum absolute atomic E-state index is 0.0907. The molecule has 0 saturated carbocycles. The molecule has 132 valence electrons. The highest BCUT2D eigenvalue weighted by atomic mass is 16.7. The Bertz CT molecular complexity index is 593. The lowest BCUT2D eigenvalue weighted by Crippen LogP contribution is -2.36. The number of rotatable bonds is 1. The van der Waals surface area contributed by atoms with Gasteiger partial charge in [-0.15, -0.1) is 0 Å². The van der Waals surface area contributed by atoms with E-state index in [0.717, 1.165) is 24.0 Å². The molecule has 6 bridgehead atoms. The Labute approximate surface area is 142 Å². The van der Waals surface area contributed by atoms with Gasteiger partial charge in [0.15, 0.2) is 5.79 Å². The van der Waals surface area contributed by atoms with E-state index in [1.807, 2.05) is 19.9 Å². The zero-order chi connectivity index (χ0) is 17.1. The highest BCUT2D eigenvalue weighted by Crippen LogP contribution is 2.48. The molecule has 1 N–H and O–H groups in total. The molecular weight excluding hydrogens is 308 g/mol. The van der Waals surface area contributed by atoms with Crippen LogP contribution >= 0.6 is 0 Å². The summed E-state index contributed by atoms with van der Waals surface area (Å²) in [5, 5.41) is 10.9. The first-order valence-electron chi connectivity index (χ1n) is 8.90. The van der Waals surface area contributed by atoms with Crippen LogP contribution in [0.1, 0.15) is 52.4 Å². The molecule has 0 amide bonds. The average molecular weight is 334 g/mol. The largest absolute Gasteiger partial charge is 0.455 e. The summed E-state index contributed by atoms with van der Waals surface area (Å²) in [5.41, 5.74) is 1.37. The SMILES string of the molecule is C=C(C)[C@@H]1CCC2=C[C@@H](C[C@]3(C)C[C@@H]4O[C@](O)(C1)C[C@@H]4O3)OC2=O. The maximum atomic E-state index is 12.1. The van der Waals surface area contributed by atoms with Gasteiger partial charge in [-0.25, -0.2) is 4.79 Å². The van der Waals surface area contributed by atoms with Gasteiger partial charge in [-0.3, -0.25) is 0 Å². The second-order valence-corrected chi connectivity index (χ2v) is 8.24. The Balaban J connectivity index is 1.64. The Morgan fingerprint density at radius 3 is 2.71 bits per heavy atom. The second kappa shape index (κ2) is 5.41. The summed E-state index contributed by atoms with van der Waals surface area (Å²) in [6.07, 6.45) is 5.32. The second-order valence-electron chi connectivity index (χ2n) is 8.24. The molecule has 5 rings (SSSR count). The Morgan fingerprint density at radius 1 is 1.25 bits per heavy atom. The molecule has 0 radical (unpaired) electrons. The molecule has 0 aromatic carbocycles. The van der Waals surface area contributed by atoms with Crippen LogP contribution in [0.4, 0.5) is 0 Å². The third-order valence-electron chi connectivity index (χ3n) is 5.94. The number of carbonyl (C=O) groups excluding carboxylic acids is 1. The summed E-state index contributed by atoms with van der Waals surface area (Å²) in [7, 11) is 0. The Kier molecular flexibility index (Phi) is 3.68. The number of aliphatic hydroxyl groups is 1. The topological polar surface area (TPSA) is 65.0 Å². The van der Waals surface area contributed by atoms with E-state index in [-0.39, 0.29) is 35.8 Å². The van der Waals surface area contributed by atoms with Crippen molar-refractivity contribution in [3.63, 3.8) is 0 Å². The molecule has 0 aromatic heterocycles. The molecule has 6 atom stereocenters. The molecule has 5 heterocycles. The van der Waals surface area contributed by atoms with Crippen molar-refractivity contribution in [1.82, 2.24) is 0 Å². The van der Waals surface area contributed by atoms with E-state index in [2.05, 4.69) is 6.58 Å². The lowest BCUT2D eigenvalue weighted by molar-refractivity contribution is -0.205. The summed E-state index contributed by atoms with van der Waals surface area (Å²) in [4.78, 5) is 12.1. The summed E-state index contributed by atoms with van der Waals surface area (Å²) >= 11 is 0. The maximum Gasteiger partial charge on any atom is 0.334 e. The molecule has 2 saturated heterocycles. The van der Waals surface area contributed by atoms with Crippen LogP contribution in [-0.4, -0.2) is 40.8 Å². The highest BCUT2D eigenvalue weighted by Gasteiger charge is 2.56. The van der Waals surface area contributed by atoms with Gasteiger partial charge in [-0.2, -0.15) is 0 Å². The predicted molar refractivity (Wildman–Crippen MR) is 87.1 cm³/mol. The predicted octanol–water partition coefficient (Wildman–Crippen LogP) is 2.63. The number of allylic oxidation sites excluding steroid dienone is 1. The summed E-state index contributed by atoms with van der Waals surface area (Å²) < 4.78 is 17.8. The number of fused-ring (bicyclic) bond motifs is 3. The first-order chi connectivity index (χ1) is 11.3. The van der Waals surface area contributed by atoms with Gasteiger partial charge in [-0.05, 0) is 38.7 Å². The summed E-state index contributed by atoms with van der Waals surface area (Å²) in [6.45, 7) is 8.08. The van der Waals surface area contributed by atoms with Crippen LogP contribution in [0.3, 0.4) is 0 Å². The molecule has 0 aromatic rings. The summed E-state index contributed by atoms with van der Waals surface area (Å²) in [6, 6.07) is 0. The number of hydrogen-bond donors (Lipinski definition) is 1. The molecule has 5 aliphatic heterocycles. The first kappa shape index (κ1) is 16.3. The van der Waals surface area contributed by atoms with E-state index in [4.69, 9.17) is 14.2 Å². The van der Waals surface area contributed by atoms with Crippen molar-refractivity contribution in [3.05, 3.63) is 23.8 Å². The molecule has 2 fully saturated rings. The van der Waals surface area contributed by atoms with Crippen molar-refractivity contribution >= 4 is 5.97 Å². The normalized spacial score (nSPS) is 47.6. The average Bonchev–Trinajstić information content (AvgIpc) is 3.03. The molecule has 0 spiro atoms. The van der Waals surface area contributed by atoms with Crippen LogP contribution in [0, 0.1) is 5.92 Å². The minimum atomic E-state index is -1.15. The number of esters is 1. The molecule has 5 heteroatoms. The number of hydrogen-bond acceptors (Lipinski definition) is 5. The zero-order valence-electron chi connectivity index (χ0n) is 14.4. The van der Waals surface area contributed by atoms with Crippen molar-refractivity contribution in [3.8, 4) is 0 Å². The van der Waals surface area contributed by atoms with Gasteiger partial charge in [0.1, 0.15) is 6.10 Å². The minimum Gasteiger partial charge on any atom is -0.455 e. The Morgan fingerprint density at radius 2 is 2.00 bits per heavy atom. The lowest BCUT2D eigenvalue weighted by atomic mass is 9.86. The molecule has 24 heavy (non-hydrogen) atoms. The quantitative estimate of drug-likeness (QED) is 0.590. The fraction of sp³-hybridized carbons (Fsp3) is 0.737. The van der Waals surface area contributed by atoms with Crippen molar-refractivity contribution < 1.29 is 24.1 Å². The van der Waals surface area contributed by atoms with E-state index in [0.29, 0.717) is 25.7 Å². The van der Waals surface area contributed by atoms with Gasteiger partial charge in [-0.1, -0.05) is 12.2 Å². The first-order valence-corrected chi connectivity index (χ1v) is 8.90. The third-order valence-corrected chi connectivity index (χ3v) is 5.94. The molecule has 5 aliphatic rings. The number of carbonyl (C=O) groups is 1. The molecular formula is C19H26O5. The zero-order valence-corrected chi connectivity index (χ0v) is 14.4. The Hall–Kier alpha value is -1.17. The maximum absolute atomic E-state index is 12.1. The van der Waals surface area contributed by atoms with Crippen LogP contribution < -0.4 is 0 Å². The van der Waals surface area contributed by atoms with Gasteiger partial charge in [0.25, 0.3) is 0 Å². The van der Waals surface area contributed by atoms with Gasteiger partial charge in [0.05, 0.1) is 17.8 Å². The molecule has 5 nitrogen and oxygen atoms in total. The molecule has 0 aliphatic carbocycles. The molecule has 0 unspecified atom stereocenters. The van der Waals surface area contributed by atoms with E-state index in [1.54, 1.807) is 0 Å². The number of ether oxygens (including phenoxy) is 3. The van der Waals surface area contributed by atoms with E-state index < -0.39 is 5.79 Å². The van der Waals surface area contributed by atoms with Crippen LogP contribution in [0.5, 0.6) is 0 Å². The van der Waals surface area contributed by atoms with Crippen LogP contribution in [-0.2, 0) is 19.0 Å². The van der Waals surface area contributed by atoms with E-state index in [1.165, 1.54) is 0 Å². The third kappa shape index (κ3) is 2.83. The van der Waals surface area contributed by atoms with Gasteiger partial charge < -0.3 is 19.3 Å². The fourth-order valence-corrected chi connectivity index (χ4v) is 4.73. The van der Waals surface area contributed by atoms with Gasteiger partial charge in [0.2, 0.25) is 0 Å². The van der Waals surface area contributed by atoms with Gasteiger partial charge in [0, 0.05) is 31.3 Å². The standard InChI is InChI=1S/C19H26O5/c1-11(2)13-5-4-12-6-14(22-17(12)20)8-18(3)9-15-16(23-18)10-19(21,7-13)24-15/h6,13-16,21H,1,4-5,7-10H2,2-3H3/t13-,14+,15+,16+,18-,19-/m1/s1. The monoisotopic (exact) mass is 334 g/mol. The highest BCUT2D eigenvalue weighted by molar-refractivity contribution is 5.90. The van der Waals surface area contributed by atoms with Gasteiger partial charge >= 0.3 is 5.97 Å². The van der Waals surface area contributed by atoms with Crippen molar-refractivity contribution in [2.24, 2.45) is 5.92 Å². The summed E-state index contributed by atoms with van der Waals surface area (Å²) in [5.74, 6) is -1.26. The fourth-order valence-electron chi connectivity index (χ4n) is 4.73. The smallest absolute Gasteiger partial charge is 0.334 e. The van der Waals surface area contributed by atoms with Crippen molar-refractivity contribution in [2.45, 2.75) is 82.1 Å². The van der Waals surface area contributed by atoms with E-state index in [9.17, 15) is 9.90 Å². The lowest BCUT2D eigenvalue weighted by Gasteiger charge is -2.32. The van der Waals surface area contributed by atoms with Crippen molar-refractivity contribution in [2.75, 3.05) is 0 Å². The van der Waals surface area contributed by atoms with E-state index >= 15 is 0 Å². The van der Waals surface area contributed by atoms with Crippen LogP contribution in [0.15, 0.2) is 23.8 Å².